The Bertz CT molecular complexity index is 483. The molecule has 0 amide bonds. The predicted octanol–water partition coefficient (Wildman–Crippen LogP) is 1.21. The minimum absolute atomic E-state index is 0.149. The zero-order valence-corrected chi connectivity index (χ0v) is 11.0. The van der Waals surface area contributed by atoms with E-state index in [2.05, 4.69) is 4.72 Å². The van der Waals surface area contributed by atoms with Crippen LogP contribution in [0.5, 0.6) is 5.75 Å². The number of hydrogen-bond acceptors (Lipinski definition) is 4. The normalized spacial score (nSPS) is 11.8. The number of anilines is 1. The van der Waals surface area contributed by atoms with Gasteiger partial charge in [-0.05, 0) is 24.1 Å². The summed E-state index contributed by atoms with van der Waals surface area (Å²) >= 11 is 0. The van der Waals surface area contributed by atoms with Crippen molar-refractivity contribution in [2.45, 2.75) is 18.7 Å². The van der Waals surface area contributed by atoms with Crippen LogP contribution in [-0.2, 0) is 10.0 Å². The number of nitrogens with two attached hydrogens (primary N) is 1. The molecule has 0 spiro atoms. The van der Waals surface area contributed by atoms with E-state index in [0.29, 0.717) is 18.0 Å². The Morgan fingerprint density at radius 3 is 2.53 bits per heavy atom. The van der Waals surface area contributed by atoms with Gasteiger partial charge in [0.2, 0.25) is 10.0 Å². The van der Waals surface area contributed by atoms with Gasteiger partial charge in [-0.3, -0.25) is 0 Å². The van der Waals surface area contributed by atoms with Gasteiger partial charge >= 0.3 is 0 Å². The summed E-state index contributed by atoms with van der Waals surface area (Å²) in [5.74, 6) is 0.716. The zero-order valence-electron chi connectivity index (χ0n) is 10.2. The van der Waals surface area contributed by atoms with Crippen LogP contribution in [0.4, 0.5) is 5.69 Å². The number of sulfonamides is 1. The number of hydrogen-bond donors (Lipinski definition) is 2. The summed E-state index contributed by atoms with van der Waals surface area (Å²) in [6.07, 6.45) is 0. The smallest absolute Gasteiger partial charge is 0.240 e. The Morgan fingerprint density at radius 1 is 1.41 bits per heavy atom. The largest absolute Gasteiger partial charge is 0.495 e. The van der Waals surface area contributed by atoms with Crippen molar-refractivity contribution in [2.75, 3.05) is 19.4 Å². The molecule has 6 heteroatoms. The molecular formula is C11H18N2O3S. The Balaban J connectivity index is 2.96. The highest BCUT2D eigenvalue weighted by atomic mass is 32.2. The van der Waals surface area contributed by atoms with Crippen LogP contribution in [0.2, 0.25) is 0 Å². The fourth-order valence-corrected chi connectivity index (χ4v) is 2.49. The van der Waals surface area contributed by atoms with Gasteiger partial charge in [0.25, 0.3) is 0 Å². The summed E-state index contributed by atoms with van der Waals surface area (Å²) in [6.45, 7) is 4.27. The molecule has 0 atom stereocenters. The van der Waals surface area contributed by atoms with E-state index in [-0.39, 0.29) is 10.8 Å². The molecule has 1 aromatic carbocycles. The molecule has 0 aromatic heterocycles. The van der Waals surface area contributed by atoms with Gasteiger partial charge in [0, 0.05) is 6.54 Å². The quantitative estimate of drug-likeness (QED) is 0.778. The monoisotopic (exact) mass is 258 g/mol. The Hall–Kier alpha value is -1.27. The molecule has 96 valence electrons. The minimum atomic E-state index is -3.49. The van der Waals surface area contributed by atoms with Crippen molar-refractivity contribution < 1.29 is 13.2 Å². The molecule has 0 fully saturated rings. The van der Waals surface area contributed by atoms with Gasteiger partial charge in [0.05, 0.1) is 17.7 Å². The summed E-state index contributed by atoms with van der Waals surface area (Å²) in [7, 11) is -2.01. The summed E-state index contributed by atoms with van der Waals surface area (Å²) in [5.41, 5.74) is 5.97. The second-order valence-corrected chi connectivity index (χ2v) is 5.92. The average Bonchev–Trinajstić information content (AvgIpc) is 2.26. The van der Waals surface area contributed by atoms with Crippen molar-refractivity contribution in [3.8, 4) is 5.75 Å². The van der Waals surface area contributed by atoms with Crippen LogP contribution < -0.4 is 15.2 Å². The van der Waals surface area contributed by atoms with Gasteiger partial charge < -0.3 is 10.5 Å². The van der Waals surface area contributed by atoms with Gasteiger partial charge in [0.1, 0.15) is 5.75 Å². The lowest BCUT2D eigenvalue weighted by molar-refractivity contribution is 0.416. The number of nitrogens with one attached hydrogen (secondary N) is 1. The van der Waals surface area contributed by atoms with E-state index in [1.807, 2.05) is 13.8 Å². The molecule has 0 aliphatic carbocycles. The van der Waals surface area contributed by atoms with Crippen LogP contribution in [0.25, 0.3) is 0 Å². The Kier molecular flexibility index (Phi) is 4.36. The SMILES string of the molecule is COc1ccc(S(=O)(=O)NCC(C)C)cc1N. The number of rotatable bonds is 5. The third-order valence-electron chi connectivity index (χ3n) is 2.19. The van der Waals surface area contributed by atoms with Crippen molar-refractivity contribution in [1.82, 2.24) is 4.72 Å². The maximum Gasteiger partial charge on any atom is 0.240 e. The van der Waals surface area contributed by atoms with Crippen molar-refractivity contribution in [3.05, 3.63) is 18.2 Å². The molecule has 1 rings (SSSR count). The van der Waals surface area contributed by atoms with Gasteiger partial charge in [0.15, 0.2) is 0 Å². The van der Waals surface area contributed by atoms with E-state index in [1.165, 1.54) is 19.2 Å². The number of nitrogen functional groups attached to an aromatic ring is 1. The highest BCUT2D eigenvalue weighted by Crippen LogP contribution is 2.24. The Morgan fingerprint density at radius 2 is 2.06 bits per heavy atom. The first-order valence-corrected chi connectivity index (χ1v) is 6.78. The molecule has 1 aromatic rings. The van der Waals surface area contributed by atoms with Crippen molar-refractivity contribution in [1.29, 1.82) is 0 Å². The third-order valence-corrected chi connectivity index (χ3v) is 3.61. The molecule has 17 heavy (non-hydrogen) atoms. The second kappa shape index (κ2) is 5.37. The molecule has 0 saturated carbocycles. The van der Waals surface area contributed by atoms with Gasteiger partial charge in [-0.1, -0.05) is 13.8 Å². The van der Waals surface area contributed by atoms with E-state index >= 15 is 0 Å². The standard InChI is InChI=1S/C11H18N2O3S/c1-8(2)7-13-17(14,15)9-4-5-11(16-3)10(12)6-9/h4-6,8,13H,7,12H2,1-3H3. The molecule has 0 radical (unpaired) electrons. The lowest BCUT2D eigenvalue weighted by Crippen LogP contribution is -2.27. The molecule has 0 aliphatic rings. The molecule has 0 saturated heterocycles. The summed E-state index contributed by atoms with van der Waals surface area (Å²) in [6, 6.07) is 4.40. The van der Waals surface area contributed by atoms with Crippen molar-refractivity contribution >= 4 is 15.7 Å². The zero-order chi connectivity index (χ0) is 13.1. The second-order valence-electron chi connectivity index (χ2n) is 4.15. The van der Waals surface area contributed by atoms with E-state index < -0.39 is 10.0 Å². The Labute approximate surface area is 102 Å². The summed E-state index contributed by atoms with van der Waals surface area (Å²) in [4.78, 5) is 0.149. The molecule has 0 bridgehead atoms. The van der Waals surface area contributed by atoms with Crippen molar-refractivity contribution in [2.24, 2.45) is 5.92 Å². The van der Waals surface area contributed by atoms with Crippen LogP contribution in [0.1, 0.15) is 13.8 Å². The first-order valence-electron chi connectivity index (χ1n) is 5.30. The highest BCUT2D eigenvalue weighted by Gasteiger charge is 2.15. The summed E-state index contributed by atoms with van der Waals surface area (Å²) in [5, 5.41) is 0. The van der Waals surface area contributed by atoms with Gasteiger partial charge in [-0.15, -0.1) is 0 Å². The lowest BCUT2D eigenvalue weighted by Gasteiger charge is -2.10. The van der Waals surface area contributed by atoms with E-state index in [9.17, 15) is 8.42 Å². The summed E-state index contributed by atoms with van der Waals surface area (Å²) < 4.78 is 31.2. The lowest BCUT2D eigenvalue weighted by atomic mass is 10.2. The maximum atomic E-state index is 11.9. The molecule has 0 aliphatic heterocycles. The average molecular weight is 258 g/mol. The molecule has 0 heterocycles. The molecule has 0 unspecified atom stereocenters. The molecule has 5 nitrogen and oxygen atoms in total. The molecule has 3 N–H and O–H groups in total. The molecular weight excluding hydrogens is 240 g/mol. The maximum absolute atomic E-state index is 11.9. The predicted molar refractivity (Wildman–Crippen MR) is 67.4 cm³/mol. The van der Waals surface area contributed by atoms with Crippen LogP contribution in [0.3, 0.4) is 0 Å². The number of benzene rings is 1. The van der Waals surface area contributed by atoms with Crippen LogP contribution in [0.15, 0.2) is 23.1 Å². The fraction of sp³-hybridized carbons (Fsp3) is 0.455. The van der Waals surface area contributed by atoms with Crippen LogP contribution in [0, 0.1) is 5.92 Å². The number of ether oxygens (including phenoxy) is 1. The highest BCUT2D eigenvalue weighted by molar-refractivity contribution is 7.89. The van der Waals surface area contributed by atoms with E-state index in [4.69, 9.17) is 10.5 Å². The van der Waals surface area contributed by atoms with Crippen molar-refractivity contribution in [3.63, 3.8) is 0 Å². The topological polar surface area (TPSA) is 81.4 Å². The van der Waals surface area contributed by atoms with E-state index in [1.54, 1.807) is 6.07 Å². The van der Waals surface area contributed by atoms with E-state index in [0.717, 1.165) is 0 Å². The first kappa shape index (κ1) is 13.8. The number of methoxy groups -OCH3 is 1. The van der Waals surface area contributed by atoms with Crippen LogP contribution >= 0.6 is 0 Å². The minimum Gasteiger partial charge on any atom is -0.495 e. The fourth-order valence-electron chi connectivity index (χ4n) is 1.24. The van der Waals surface area contributed by atoms with Gasteiger partial charge in [-0.2, -0.15) is 0 Å². The third kappa shape index (κ3) is 3.61. The van der Waals surface area contributed by atoms with Gasteiger partial charge in [-0.25, -0.2) is 13.1 Å². The van der Waals surface area contributed by atoms with Crippen LogP contribution in [-0.4, -0.2) is 22.1 Å². The first-order chi connectivity index (χ1) is 7.86.